The van der Waals surface area contributed by atoms with E-state index in [1.807, 2.05) is 6.07 Å². The highest BCUT2D eigenvalue weighted by atomic mass is 16.3. The van der Waals surface area contributed by atoms with E-state index in [0.29, 0.717) is 16.7 Å². The van der Waals surface area contributed by atoms with Crippen LogP contribution >= 0.6 is 0 Å². The number of benzene rings is 1. The number of likely N-dealkylation sites (N-methyl/N-ethyl adjacent to an activating group) is 1. The van der Waals surface area contributed by atoms with E-state index in [-0.39, 0.29) is 0 Å². The normalized spacial score (nSPS) is 47.6. The first-order valence-corrected chi connectivity index (χ1v) is 7.23. The zero-order valence-electron chi connectivity index (χ0n) is 10.8. The third kappa shape index (κ3) is 0.762. The molecule has 2 heteroatoms. The van der Waals surface area contributed by atoms with E-state index in [9.17, 15) is 5.11 Å². The average molecular weight is 241 g/mol. The fourth-order valence-electron chi connectivity index (χ4n) is 6.15. The van der Waals surface area contributed by atoms with Crippen molar-refractivity contribution in [1.82, 2.24) is 4.90 Å². The lowest BCUT2D eigenvalue weighted by Crippen LogP contribution is -2.88. The zero-order chi connectivity index (χ0) is 12.1. The van der Waals surface area contributed by atoms with Crippen molar-refractivity contribution in [2.45, 2.75) is 49.1 Å². The Morgan fingerprint density at radius 1 is 1.33 bits per heavy atom. The number of likely N-dealkylation sites (tertiary alicyclic amines) is 1. The van der Waals surface area contributed by atoms with E-state index in [1.54, 1.807) is 0 Å². The van der Waals surface area contributed by atoms with Crippen LogP contribution in [0.2, 0.25) is 0 Å². The maximum Gasteiger partial charge on any atom is 0.115 e. The van der Waals surface area contributed by atoms with Gasteiger partial charge in [-0.05, 0) is 56.0 Å². The lowest BCUT2D eigenvalue weighted by Gasteiger charge is -2.82. The van der Waals surface area contributed by atoms with Gasteiger partial charge >= 0.3 is 0 Å². The smallest absolute Gasteiger partial charge is 0.115 e. The third-order valence-corrected chi connectivity index (χ3v) is 6.67. The van der Waals surface area contributed by atoms with Crippen molar-refractivity contribution >= 4 is 0 Å². The van der Waals surface area contributed by atoms with Crippen molar-refractivity contribution in [3.63, 3.8) is 0 Å². The van der Waals surface area contributed by atoms with Crippen LogP contribution in [0.15, 0.2) is 18.2 Å². The second-order valence-electron chi connectivity index (χ2n) is 6.99. The maximum atomic E-state index is 9.83. The van der Waals surface area contributed by atoms with Crippen LogP contribution in [0, 0.1) is 5.92 Å². The Bertz CT molecular complexity index is 568. The molecule has 1 aromatic carbocycles. The van der Waals surface area contributed by atoms with Crippen molar-refractivity contribution in [2.75, 3.05) is 7.05 Å². The number of phenols is 1. The fourth-order valence-corrected chi connectivity index (χ4v) is 6.15. The van der Waals surface area contributed by atoms with Crippen molar-refractivity contribution in [1.29, 1.82) is 0 Å². The molecule has 3 aliphatic carbocycles. The standard InChI is InChI=1S/C16H19NO/c1-17-13-7-10-3-4-11(18)8-12(10)15-5-2-6-16(17,9-15)14(13)15/h3-4,8,13-14,18H,2,5-7,9H2,1H3/t13-,14?,15+,16?/m0/s1. The largest absolute Gasteiger partial charge is 0.508 e. The summed E-state index contributed by atoms with van der Waals surface area (Å²) in [4.78, 5) is 2.67. The van der Waals surface area contributed by atoms with E-state index >= 15 is 0 Å². The average Bonchev–Trinajstić information content (AvgIpc) is 2.38. The predicted octanol–water partition coefficient (Wildman–Crippen LogP) is 2.44. The van der Waals surface area contributed by atoms with Crippen LogP contribution in [0.4, 0.5) is 0 Å². The van der Waals surface area contributed by atoms with Crippen molar-refractivity contribution in [3.05, 3.63) is 29.3 Å². The van der Waals surface area contributed by atoms with Gasteiger partial charge in [0, 0.05) is 22.9 Å². The molecular formula is C16H19NO. The molecule has 2 spiro atoms. The van der Waals surface area contributed by atoms with Gasteiger partial charge in [0.15, 0.2) is 0 Å². The molecule has 5 rings (SSSR count). The molecule has 18 heavy (non-hydrogen) atoms. The second-order valence-corrected chi connectivity index (χ2v) is 6.99. The quantitative estimate of drug-likeness (QED) is 0.754. The first-order chi connectivity index (χ1) is 8.67. The maximum absolute atomic E-state index is 9.83. The first kappa shape index (κ1) is 9.85. The van der Waals surface area contributed by atoms with Crippen LogP contribution in [0.3, 0.4) is 0 Å². The topological polar surface area (TPSA) is 23.5 Å². The van der Waals surface area contributed by atoms with Gasteiger partial charge < -0.3 is 5.11 Å². The monoisotopic (exact) mass is 241 g/mol. The molecule has 1 aromatic rings. The van der Waals surface area contributed by atoms with Gasteiger partial charge in [-0.2, -0.15) is 0 Å². The van der Waals surface area contributed by atoms with Crippen LogP contribution in [-0.2, 0) is 11.8 Å². The number of fused-ring (bicyclic) bond motifs is 1. The molecule has 1 aliphatic heterocycles. The number of rotatable bonds is 0. The summed E-state index contributed by atoms with van der Waals surface area (Å²) in [5, 5.41) is 9.83. The summed E-state index contributed by atoms with van der Waals surface area (Å²) in [6.07, 6.45) is 6.65. The van der Waals surface area contributed by atoms with Gasteiger partial charge in [0.1, 0.15) is 5.75 Å². The van der Waals surface area contributed by atoms with Crippen LogP contribution in [0.25, 0.3) is 0 Å². The Hall–Kier alpha value is -1.02. The molecule has 1 saturated heterocycles. The van der Waals surface area contributed by atoms with Gasteiger partial charge in [0.2, 0.25) is 0 Å². The number of nitrogens with zero attached hydrogens (tertiary/aromatic N) is 1. The fraction of sp³-hybridized carbons (Fsp3) is 0.625. The molecule has 94 valence electrons. The zero-order valence-corrected chi connectivity index (χ0v) is 10.8. The summed E-state index contributed by atoms with van der Waals surface area (Å²) in [6, 6.07) is 6.87. The van der Waals surface area contributed by atoms with Crippen LogP contribution in [-0.4, -0.2) is 28.6 Å². The first-order valence-electron chi connectivity index (χ1n) is 7.23. The molecule has 0 aromatic heterocycles. The molecular weight excluding hydrogens is 222 g/mol. The molecule has 2 unspecified atom stereocenters. The summed E-state index contributed by atoms with van der Waals surface area (Å²) in [5.74, 6) is 1.34. The molecule has 4 aliphatic rings. The molecule has 0 amide bonds. The highest BCUT2D eigenvalue weighted by Crippen LogP contribution is 2.75. The van der Waals surface area contributed by atoms with Crippen LogP contribution in [0.5, 0.6) is 5.75 Å². The van der Waals surface area contributed by atoms with Gasteiger partial charge in [0.25, 0.3) is 0 Å². The Morgan fingerprint density at radius 2 is 2.22 bits per heavy atom. The summed E-state index contributed by atoms with van der Waals surface area (Å²) in [5.41, 5.74) is 3.97. The van der Waals surface area contributed by atoms with Crippen LogP contribution in [0.1, 0.15) is 36.8 Å². The number of phenolic OH excluding ortho intramolecular Hbond substituents is 1. The summed E-state index contributed by atoms with van der Waals surface area (Å²) in [6.45, 7) is 0. The molecule has 4 atom stereocenters. The van der Waals surface area contributed by atoms with Crippen molar-refractivity contribution in [2.24, 2.45) is 5.92 Å². The Morgan fingerprint density at radius 3 is 3.11 bits per heavy atom. The number of hydrogen-bond acceptors (Lipinski definition) is 2. The van der Waals surface area contributed by atoms with E-state index in [4.69, 9.17) is 0 Å². The lowest BCUT2D eigenvalue weighted by atomic mass is 9.32. The molecule has 2 saturated carbocycles. The van der Waals surface area contributed by atoms with E-state index in [1.165, 1.54) is 43.2 Å². The van der Waals surface area contributed by atoms with Crippen LogP contribution < -0.4 is 0 Å². The minimum absolute atomic E-state index is 0.432. The molecule has 2 nitrogen and oxygen atoms in total. The van der Waals surface area contributed by atoms with Gasteiger partial charge in [-0.25, -0.2) is 0 Å². The summed E-state index contributed by atoms with van der Waals surface area (Å²) < 4.78 is 0. The van der Waals surface area contributed by atoms with Gasteiger partial charge in [-0.1, -0.05) is 12.5 Å². The molecule has 2 bridgehead atoms. The highest BCUT2D eigenvalue weighted by Gasteiger charge is 2.77. The summed E-state index contributed by atoms with van der Waals surface area (Å²) in [7, 11) is 2.34. The van der Waals surface area contributed by atoms with E-state index in [0.717, 1.165) is 12.0 Å². The second kappa shape index (κ2) is 2.62. The van der Waals surface area contributed by atoms with Crippen molar-refractivity contribution < 1.29 is 5.11 Å². The van der Waals surface area contributed by atoms with E-state index < -0.39 is 0 Å². The van der Waals surface area contributed by atoms with E-state index in [2.05, 4.69) is 24.1 Å². The molecule has 1 heterocycles. The van der Waals surface area contributed by atoms with Gasteiger partial charge in [-0.15, -0.1) is 0 Å². The Kier molecular flexibility index (Phi) is 1.44. The minimum atomic E-state index is 0.432. The Labute approximate surface area is 108 Å². The summed E-state index contributed by atoms with van der Waals surface area (Å²) >= 11 is 0. The highest BCUT2D eigenvalue weighted by molar-refractivity contribution is 5.52. The van der Waals surface area contributed by atoms with Gasteiger partial charge in [-0.3, -0.25) is 4.90 Å². The third-order valence-electron chi connectivity index (χ3n) is 6.67. The number of aromatic hydroxyl groups is 1. The molecule has 0 radical (unpaired) electrons. The predicted molar refractivity (Wildman–Crippen MR) is 69.7 cm³/mol. The lowest BCUT2D eigenvalue weighted by molar-refractivity contribution is -0.275. The number of hydrogen-bond donors (Lipinski definition) is 1. The SMILES string of the molecule is CN1[C@H]2Cc3ccc(O)cc3[C@@]34CCCC1(C3)C24. The van der Waals surface area contributed by atoms with Gasteiger partial charge in [0.05, 0.1) is 0 Å². The molecule has 1 N–H and O–H groups in total. The minimum Gasteiger partial charge on any atom is -0.508 e. The Balaban J connectivity index is 1.74. The van der Waals surface area contributed by atoms with Crippen molar-refractivity contribution in [3.8, 4) is 5.75 Å². The number of piperidine rings is 1. The molecule has 3 fully saturated rings.